The Morgan fingerprint density at radius 3 is 2.44 bits per heavy atom. The highest BCUT2D eigenvalue weighted by molar-refractivity contribution is 9.10. The third-order valence-electron chi connectivity index (χ3n) is 7.48. The molecule has 1 atom stereocenters. The van der Waals surface area contributed by atoms with Crippen LogP contribution in [0.15, 0.2) is 105 Å². The number of aromatic nitrogens is 1. The van der Waals surface area contributed by atoms with Gasteiger partial charge < -0.3 is 14.2 Å². The summed E-state index contributed by atoms with van der Waals surface area (Å²) in [4.78, 5) is 33.2. The second-order valence-electron chi connectivity index (χ2n) is 10.6. The van der Waals surface area contributed by atoms with E-state index in [1.165, 1.54) is 11.3 Å². The third kappa shape index (κ3) is 6.97. The summed E-state index contributed by atoms with van der Waals surface area (Å²) >= 11 is 23.3. The van der Waals surface area contributed by atoms with Gasteiger partial charge >= 0.3 is 5.97 Å². The molecule has 1 aliphatic heterocycles. The third-order valence-corrected chi connectivity index (χ3v) is 10.0. The van der Waals surface area contributed by atoms with Crippen molar-refractivity contribution in [2.45, 2.75) is 19.6 Å². The molecule has 0 unspecified atom stereocenters. The van der Waals surface area contributed by atoms with Gasteiger partial charge in [-0.15, -0.1) is 0 Å². The summed E-state index contributed by atoms with van der Waals surface area (Å²) in [5.41, 5.74) is 3.31. The highest BCUT2D eigenvalue weighted by Gasteiger charge is 2.35. The molecule has 0 bridgehead atoms. The molecule has 2 heterocycles. The molecule has 0 radical (unpaired) electrons. The number of nitrogens with zero attached hydrogens (tertiary/aromatic N) is 2. The van der Waals surface area contributed by atoms with E-state index in [0.717, 1.165) is 11.1 Å². The number of thiazole rings is 1. The zero-order valence-corrected chi connectivity index (χ0v) is 30.2. The maximum Gasteiger partial charge on any atom is 0.338 e. The molecular formula is C36H26BrCl3N2O5S. The number of halogens is 4. The summed E-state index contributed by atoms with van der Waals surface area (Å²) in [6, 6.07) is 24.5. The predicted octanol–water partition coefficient (Wildman–Crippen LogP) is 8.25. The predicted molar refractivity (Wildman–Crippen MR) is 194 cm³/mol. The second-order valence-corrected chi connectivity index (χ2v) is 13.7. The van der Waals surface area contributed by atoms with Gasteiger partial charge in [0.15, 0.2) is 16.3 Å². The van der Waals surface area contributed by atoms with Crippen molar-refractivity contribution in [2.24, 2.45) is 4.99 Å². The van der Waals surface area contributed by atoms with Gasteiger partial charge in [0.2, 0.25) is 0 Å². The maximum atomic E-state index is 14.2. The number of ether oxygens (including phenoxy) is 3. The molecule has 0 spiro atoms. The van der Waals surface area contributed by atoms with Crippen molar-refractivity contribution in [2.75, 3.05) is 13.7 Å². The molecule has 6 rings (SSSR count). The van der Waals surface area contributed by atoms with Crippen LogP contribution in [0, 0.1) is 0 Å². The molecule has 4 aromatic carbocycles. The quantitative estimate of drug-likeness (QED) is 0.141. The van der Waals surface area contributed by atoms with Crippen LogP contribution in [0.5, 0.6) is 11.5 Å². The number of hydrogen-bond donors (Lipinski definition) is 0. The van der Waals surface area contributed by atoms with Crippen molar-refractivity contribution in [3.05, 3.63) is 152 Å². The molecule has 0 fully saturated rings. The van der Waals surface area contributed by atoms with Gasteiger partial charge in [-0.3, -0.25) is 9.36 Å². The molecular weight excluding hydrogens is 759 g/mol. The van der Waals surface area contributed by atoms with Gasteiger partial charge in [0.05, 0.1) is 50.1 Å². The van der Waals surface area contributed by atoms with Gasteiger partial charge in [-0.05, 0) is 82.0 Å². The van der Waals surface area contributed by atoms with E-state index >= 15 is 0 Å². The zero-order valence-electron chi connectivity index (χ0n) is 25.5. The Kier molecular flexibility index (Phi) is 10.4. The highest BCUT2D eigenvalue weighted by atomic mass is 79.9. The number of methoxy groups -OCH3 is 1. The lowest BCUT2D eigenvalue weighted by atomic mass is 9.93. The molecule has 12 heteroatoms. The van der Waals surface area contributed by atoms with Crippen molar-refractivity contribution in [1.82, 2.24) is 4.57 Å². The summed E-state index contributed by atoms with van der Waals surface area (Å²) < 4.78 is 19.9. The fraction of sp³-hybridized carbons (Fsp3) is 0.139. The molecule has 0 saturated carbocycles. The first-order chi connectivity index (χ1) is 23.2. The average molecular weight is 785 g/mol. The first-order valence-corrected chi connectivity index (χ1v) is 17.4. The van der Waals surface area contributed by atoms with Crippen molar-refractivity contribution in [3.63, 3.8) is 0 Å². The van der Waals surface area contributed by atoms with E-state index in [0.29, 0.717) is 57.2 Å². The summed E-state index contributed by atoms with van der Waals surface area (Å²) in [6.07, 6.45) is 1.76. The first kappa shape index (κ1) is 34.0. The minimum absolute atomic E-state index is 0.159. The van der Waals surface area contributed by atoms with Gasteiger partial charge in [0.25, 0.3) is 5.56 Å². The van der Waals surface area contributed by atoms with Gasteiger partial charge in [-0.2, -0.15) is 0 Å². The number of carbonyl (C=O) groups is 1. The number of rotatable bonds is 9. The Morgan fingerprint density at radius 2 is 1.75 bits per heavy atom. The minimum Gasteiger partial charge on any atom is -0.493 e. The van der Waals surface area contributed by atoms with Crippen LogP contribution in [0.25, 0.3) is 11.8 Å². The van der Waals surface area contributed by atoms with Crippen LogP contribution in [0.3, 0.4) is 0 Å². The van der Waals surface area contributed by atoms with Crippen LogP contribution < -0.4 is 24.4 Å². The zero-order chi connectivity index (χ0) is 33.9. The number of fused-ring (bicyclic) bond motifs is 1. The smallest absolute Gasteiger partial charge is 0.338 e. The van der Waals surface area contributed by atoms with Crippen molar-refractivity contribution in [1.29, 1.82) is 0 Å². The van der Waals surface area contributed by atoms with Crippen LogP contribution in [-0.4, -0.2) is 24.3 Å². The molecule has 7 nitrogen and oxygen atoms in total. The van der Waals surface area contributed by atoms with E-state index < -0.39 is 12.0 Å². The lowest BCUT2D eigenvalue weighted by Crippen LogP contribution is -2.40. The molecule has 244 valence electrons. The van der Waals surface area contributed by atoms with Gasteiger partial charge in [-0.25, -0.2) is 9.79 Å². The Morgan fingerprint density at radius 1 is 1.00 bits per heavy atom. The van der Waals surface area contributed by atoms with Crippen LogP contribution >= 0.6 is 62.1 Å². The van der Waals surface area contributed by atoms with E-state index in [1.807, 2.05) is 42.5 Å². The monoisotopic (exact) mass is 782 g/mol. The number of benzene rings is 4. The molecule has 0 aliphatic carbocycles. The lowest BCUT2D eigenvalue weighted by molar-refractivity contribution is -0.138. The van der Waals surface area contributed by atoms with Gasteiger partial charge in [0, 0.05) is 10.6 Å². The van der Waals surface area contributed by atoms with Gasteiger partial charge in [0.1, 0.15) is 6.61 Å². The first-order valence-electron chi connectivity index (χ1n) is 14.7. The molecule has 0 N–H and O–H groups in total. The Balaban J connectivity index is 1.47. The van der Waals surface area contributed by atoms with Crippen LogP contribution in [0.2, 0.25) is 15.1 Å². The molecule has 48 heavy (non-hydrogen) atoms. The SMILES string of the molecule is CCOC(=O)C1=C(c2ccccc2)N=c2s/c(=C\c3cc(Br)c(OCc4ccc(Cl)c(Cl)c4)c(OC)c3)c(=O)n2[C@@H]1c1ccc(Cl)cc1. The highest BCUT2D eigenvalue weighted by Crippen LogP contribution is 2.38. The summed E-state index contributed by atoms with van der Waals surface area (Å²) in [7, 11) is 1.54. The molecule has 0 amide bonds. The standard InChI is InChI=1S/C36H26BrCl3N2O5S/c1-3-46-35(44)30-31(22-7-5-4-6-8-22)41-36-42(32(30)23-10-12-24(38)13-11-23)34(43)29(48-36)18-21-15-25(37)33(28(17-21)45-2)47-19-20-9-14-26(39)27(40)16-20/h4-18,32H,3,19H2,1-2H3/b29-18-/t32-/m1/s1. The van der Waals surface area contributed by atoms with Crippen LogP contribution in [0.1, 0.15) is 35.2 Å². The largest absolute Gasteiger partial charge is 0.493 e. The van der Waals surface area contributed by atoms with Crippen molar-refractivity contribution in [3.8, 4) is 11.5 Å². The Hall–Kier alpha value is -3.86. The van der Waals surface area contributed by atoms with E-state index in [1.54, 1.807) is 67.1 Å². The van der Waals surface area contributed by atoms with E-state index in [9.17, 15) is 9.59 Å². The lowest BCUT2D eigenvalue weighted by Gasteiger charge is -2.25. The fourth-order valence-corrected chi connectivity index (χ4v) is 7.32. The van der Waals surface area contributed by atoms with E-state index in [4.69, 9.17) is 54.0 Å². The fourth-order valence-electron chi connectivity index (χ4n) is 5.30. The summed E-state index contributed by atoms with van der Waals surface area (Å²) in [6.45, 7) is 2.12. The summed E-state index contributed by atoms with van der Waals surface area (Å²) in [5, 5.41) is 1.42. The van der Waals surface area contributed by atoms with Crippen molar-refractivity contribution < 1.29 is 19.0 Å². The van der Waals surface area contributed by atoms with Crippen molar-refractivity contribution >= 4 is 79.8 Å². The Labute approximate surface area is 303 Å². The maximum absolute atomic E-state index is 14.2. The second kappa shape index (κ2) is 14.7. The average Bonchev–Trinajstić information content (AvgIpc) is 3.39. The molecule has 0 saturated heterocycles. The van der Waals surface area contributed by atoms with Crippen LogP contribution in [-0.2, 0) is 16.1 Å². The minimum atomic E-state index is -0.812. The van der Waals surface area contributed by atoms with Gasteiger partial charge in [-0.1, -0.05) is 94.7 Å². The summed E-state index contributed by atoms with van der Waals surface area (Å²) in [5.74, 6) is 0.384. The topological polar surface area (TPSA) is 79.1 Å². The molecule has 5 aromatic rings. The van der Waals surface area contributed by atoms with Crippen LogP contribution in [0.4, 0.5) is 0 Å². The normalized spacial score (nSPS) is 14.4. The number of esters is 1. The molecule has 1 aromatic heterocycles. The van der Waals surface area contributed by atoms with E-state index in [-0.39, 0.29) is 24.3 Å². The van der Waals surface area contributed by atoms with E-state index in [2.05, 4.69) is 15.9 Å². The number of carbonyl (C=O) groups excluding carboxylic acids is 1. The Bertz CT molecular complexity index is 2240. The molecule has 1 aliphatic rings. The number of hydrogen-bond acceptors (Lipinski definition) is 7.